The van der Waals surface area contributed by atoms with Gasteiger partial charge in [0.25, 0.3) is 0 Å². The van der Waals surface area contributed by atoms with Crippen molar-refractivity contribution in [3.8, 4) is 33.8 Å². The van der Waals surface area contributed by atoms with E-state index in [4.69, 9.17) is 4.74 Å². The first-order valence-corrected chi connectivity index (χ1v) is 24.4. The van der Waals surface area contributed by atoms with E-state index in [2.05, 4.69) is 229 Å². The van der Waals surface area contributed by atoms with E-state index in [-0.39, 0.29) is 34.4 Å². The average molecular weight is 887 g/mol. The fourth-order valence-electron chi connectivity index (χ4n) is 11.8. The number of benzene rings is 7. The predicted molar refractivity (Wildman–Crippen MR) is 283 cm³/mol. The summed E-state index contributed by atoms with van der Waals surface area (Å²) in [5.74, 6) is 1.80. The van der Waals surface area contributed by atoms with Crippen molar-refractivity contribution in [3.05, 3.63) is 197 Å². The molecule has 0 radical (unpaired) electrons. The van der Waals surface area contributed by atoms with Crippen LogP contribution in [-0.4, -0.2) is 16.8 Å². The third-order valence-corrected chi connectivity index (χ3v) is 15.4. The van der Waals surface area contributed by atoms with Crippen LogP contribution in [0.4, 0.5) is 28.4 Å². The van der Waals surface area contributed by atoms with Crippen LogP contribution in [0.3, 0.4) is 0 Å². The lowest BCUT2D eigenvalue weighted by atomic mass is 9.42. The van der Waals surface area contributed by atoms with Gasteiger partial charge in [0, 0.05) is 51.9 Å². The van der Waals surface area contributed by atoms with Crippen molar-refractivity contribution in [1.82, 2.24) is 9.97 Å². The summed E-state index contributed by atoms with van der Waals surface area (Å²) < 4.78 is 7.26. The molecule has 1 aromatic heterocycles. The van der Waals surface area contributed by atoms with Gasteiger partial charge in [-0.25, -0.2) is 9.97 Å². The monoisotopic (exact) mass is 886 g/mol. The van der Waals surface area contributed by atoms with Gasteiger partial charge in [0.1, 0.15) is 12.1 Å². The fraction of sp³-hybridized carbons (Fsp3) is 0.258. The summed E-state index contributed by atoms with van der Waals surface area (Å²) in [6.07, 6.45) is 5.47. The van der Waals surface area contributed by atoms with Gasteiger partial charge in [-0.1, -0.05) is 167 Å². The van der Waals surface area contributed by atoms with Gasteiger partial charge >= 0.3 is 6.85 Å². The van der Waals surface area contributed by atoms with Crippen molar-refractivity contribution in [2.75, 3.05) is 9.71 Å². The van der Waals surface area contributed by atoms with Crippen molar-refractivity contribution >= 4 is 46.2 Å². The van der Waals surface area contributed by atoms with E-state index in [9.17, 15) is 0 Å². The summed E-state index contributed by atoms with van der Waals surface area (Å²) in [6, 6.07) is 51.2. The van der Waals surface area contributed by atoms with Crippen LogP contribution in [0.5, 0.6) is 11.5 Å². The molecule has 12 rings (SSSR count). The second-order valence-corrected chi connectivity index (χ2v) is 23.2. The number of ether oxygens (including phenoxy) is 1. The van der Waals surface area contributed by atoms with E-state index in [1.807, 2.05) is 12.4 Å². The molecule has 7 aromatic carbocycles. The zero-order valence-corrected chi connectivity index (χ0v) is 41.3. The summed E-state index contributed by atoms with van der Waals surface area (Å²) >= 11 is 0. The molecule has 0 bridgehead atoms. The Kier molecular flexibility index (Phi) is 9.08. The van der Waals surface area contributed by atoms with Gasteiger partial charge in [0.15, 0.2) is 5.75 Å². The smallest absolute Gasteiger partial charge is 0.333 e. The lowest BCUT2D eigenvalue weighted by molar-refractivity contribution is 0.470. The number of aromatic nitrogens is 2. The van der Waals surface area contributed by atoms with Crippen LogP contribution in [0, 0.1) is 0 Å². The summed E-state index contributed by atoms with van der Waals surface area (Å²) in [5, 5.41) is 0. The third kappa shape index (κ3) is 6.29. The molecule has 1 unspecified atom stereocenters. The van der Waals surface area contributed by atoms with E-state index < -0.39 is 0 Å². The highest BCUT2D eigenvalue weighted by molar-refractivity contribution is 6.94. The molecule has 0 amide bonds. The third-order valence-electron chi connectivity index (χ3n) is 15.4. The SMILES string of the molecule is CC(C)(C)c1ccc(N2c3cc(-c4cncnc4)ccc3B3c4c(cc5c(c42)C(C)(C)c2ccccc2C5c2ccccc2)-c2cc(C(C)(C)C)cc4c2N3c2ccc(C(C)(C)C)cc2O4)cc1. The average Bonchev–Trinajstić information content (AvgIpc) is 3.31. The lowest BCUT2D eigenvalue weighted by Crippen LogP contribution is -2.62. The quantitative estimate of drug-likeness (QED) is 0.165. The van der Waals surface area contributed by atoms with Crippen LogP contribution < -0.4 is 25.4 Å². The molecule has 3 aliphatic heterocycles. The van der Waals surface area contributed by atoms with Crippen LogP contribution in [0.15, 0.2) is 152 Å². The van der Waals surface area contributed by atoms with E-state index in [0.717, 1.165) is 45.4 Å². The second kappa shape index (κ2) is 14.5. The topological polar surface area (TPSA) is 41.5 Å². The van der Waals surface area contributed by atoms with Gasteiger partial charge < -0.3 is 14.4 Å². The maximum Gasteiger partial charge on any atom is 0.333 e. The van der Waals surface area contributed by atoms with Gasteiger partial charge in [-0.05, 0) is 125 Å². The molecule has 6 heteroatoms. The molecule has 4 aliphatic rings. The highest BCUT2D eigenvalue weighted by Gasteiger charge is 2.52. The molecule has 1 atom stereocenters. The molecular weight excluding hydrogens is 828 g/mol. The van der Waals surface area contributed by atoms with E-state index >= 15 is 0 Å². The molecule has 0 N–H and O–H groups in total. The maximum absolute atomic E-state index is 7.26. The van der Waals surface area contributed by atoms with Crippen molar-refractivity contribution in [2.45, 2.75) is 104 Å². The molecule has 0 spiro atoms. The minimum atomic E-state index is -0.388. The van der Waals surface area contributed by atoms with Gasteiger partial charge in [-0.3, -0.25) is 0 Å². The van der Waals surface area contributed by atoms with E-state index in [1.165, 1.54) is 72.2 Å². The number of hydrogen-bond donors (Lipinski definition) is 0. The van der Waals surface area contributed by atoms with E-state index in [1.54, 1.807) is 6.33 Å². The van der Waals surface area contributed by atoms with Crippen LogP contribution >= 0.6 is 0 Å². The summed E-state index contributed by atoms with van der Waals surface area (Å²) in [6.45, 7) is 25.4. The summed E-state index contributed by atoms with van der Waals surface area (Å²) in [7, 11) is 0. The minimum Gasteiger partial charge on any atom is -0.453 e. The molecule has 0 saturated heterocycles. The van der Waals surface area contributed by atoms with Gasteiger partial charge in [-0.15, -0.1) is 0 Å². The zero-order valence-electron chi connectivity index (χ0n) is 41.3. The molecule has 1 aliphatic carbocycles. The van der Waals surface area contributed by atoms with Gasteiger partial charge in [-0.2, -0.15) is 0 Å². The minimum absolute atomic E-state index is 0.00203. The van der Waals surface area contributed by atoms with Crippen molar-refractivity contribution in [2.24, 2.45) is 0 Å². The Balaban J connectivity index is 1.28. The largest absolute Gasteiger partial charge is 0.453 e. The molecule has 0 saturated carbocycles. The highest BCUT2D eigenvalue weighted by Crippen LogP contribution is 2.61. The number of anilines is 5. The number of rotatable bonds is 3. The van der Waals surface area contributed by atoms with Crippen LogP contribution in [0.1, 0.15) is 127 Å². The Morgan fingerprint density at radius 3 is 1.93 bits per heavy atom. The Morgan fingerprint density at radius 2 is 1.22 bits per heavy atom. The number of hydrogen-bond acceptors (Lipinski definition) is 5. The van der Waals surface area contributed by atoms with E-state index in [0.29, 0.717) is 0 Å². The first kappa shape index (κ1) is 42.4. The molecule has 0 fully saturated rings. The van der Waals surface area contributed by atoms with Gasteiger partial charge in [0.2, 0.25) is 0 Å². The number of fused-ring (bicyclic) bond motifs is 9. The van der Waals surface area contributed by atoms with Crippen LogP contribution in [0.2, 0.25) is 0 Å². The first-order chi connectivity index (χ1) is 32.4. The highest BCUT2D eigenvalue weighted by atomic mass is 16.5. The fourth-order valence-corrected chi connectivity index (χ4v) is 11.8. The molecule has 8 aromatic rings. The standard InChI is InChI=1S/C62H59BN4O/c1-59(2,3)40-22-25-43(26-23-40)66-51-29-38(39-34-64-36-65-35-39)21-27-49(51)63-56-45(33-47-54(37-17-13-12-14-18-37)44-19-15-16-20-48(44)62(10,11)55(47)58(56)66)46-30-42(61(7,8)9)32-53-57(46)67(63)50-28-24-41(60(4,5)6)31-52(50)68-53/h12-36,54H,1-11H3. The summed E-state index contributed by atoms with van der Waals surface area (Å²) in [5.41, 5.74) is 22.7. The molecule has 68 heavy (non-hydrogen) atoms. The van der Waals surface area contributed by atoms with Crippen molar-refractivity contribution in [1.29, 1.82) is 0 Å². The number of nitrogens with zero attached hydrogens (tertiary/aromatic N) is 4. The predicted octanol–water partition coefficient (Wildman–Crippen LogP) is 14.7. The first-order valence-electron chi connectivity index (χ1n) is 24.4. The molecular formula is C62H59BN4O. The van der Waals surface area contributed by atoms with Crippen molar-refractivity contribution < 1.29 is 4.74 Å². The lowest BCUT2D eigenvalue weighted by Gasteiger charge is -2.51. The molecule has 4 heterocycles. The maximum atomic E-state index is 7.26. The second-order valence-electron chi connectivity index (χ2n) is 23.2. The molecule has 336 valence electrons. The Hall–Kier alpha value is -6.92. The Bertz CT molecular complexity index is 3360. The van der Waals surface area contributed by atoms with Crippen molar-refractivity contribution in [3.63, 3.8) is 0 Å². The van der Waals surface area contributed by atoms with Crippen LogP contribution in [-0.2, 0) is 21.7 Å². The van der Waals surface area contributed by atoms with Crippen LogP contribution in [0.25, 0.3) is 22.3 Å². The zero-order chi connectivity index (χ0) is 47.2. The molecule has 5 nitrogen and oxygen atoms in total. The summed E-state index contributed by atoms with van der Waals surface area (Å²) in [4.78, 5) is 14.3. The Labute approximate surface area is 403 Å². The Morgan fingerprint density at radius 1 is 0.559 bits per heavy atom. The van der Waals surface area contributed by atoms with Gasteiger partial charge in [0.05, 0.1) is 11.4 Å². The normalized spacial score (nSPS) is 16.2.